The maximum Gasteiger partial charge on any atom is 0.252 e. The van der Waals surface area contributed by atoms with Gasteiger partial charge in [0, 0.05) is 30.1 Å². The first-order chi connectivity index (χ1) is 12.2. The zero-order valence-corrected chi connectivity index (χ0v) is 13.9. The number of aliphatic hydroxyl groups is 1. The van der Waals surface area contributed by atoms with Gasteiger partial charge in [-0.2, -0.15) is 0 Å². The molecule has 0 aliphatic carbocycles. The summed E-state index contributed by atoms with van der Waals surface area (Å²) >= 11 is 0. The lowest BCUT2D eigenvalue weighted by molar-refractivity contribution is 0.0916. The molecule has 3 rings (SSSR count). The summed E-state index contributed by atoms with van der Waals surface area (Å²) < 4.78 is 0. The summed E-state index contributed by atoms with van der Waals surface area (Å²) in [4.78, 5) is 20.6. The topological polar surface area (TPSA) is 75.1 Å². The van der Waals surface area contributed by atoms with Gasteiger partial charge in [0.05, 0.1) is 6.10 Å². The third-order valence-corrected chi connectivity index (χ3v) is 4.05. The van der Waals surface area contributed by atoms with E-state index in [1.807, 2.05) is 43.3 Å². The van der Waals surface area contributed by atoms with E-state index in [9.17, 15) is 9.90 Å². The highest BCUT2D eigenvalue weighted by atomic mass is 16.3. The van der Waals surface area contributed by atoms with Crippen molar-refractivity contribution in [2.75, 3.05) is 6.54 Å². The van der Waals surface area contributed by atoms with Gasteiger partial charge < -0.3 is 10.4 Å². The number of carbonyl (C=O) groups is 1. The predicted molar refractivity (Wildman–Crippen MR) is 95.9 cm³/mol. The fourth-order valence-electron chi connectivity index (χ4n) is 2.73. The maximum atomic E-state index is 12.6. The summed E-state index contributed by atoms with van der Waals surface area (Å²) in [6.07, 6.45) is 4.03. The Morgan fingerprint density at radius 3 is 2.52 bits per heavy atom. The number of hydrogen-bond acceptors (Lipinski definition) is 4. The van der Waals surface area contributed by atoms with Gasteiger partial charge >= 0.3 is 0 Å². The van der Waals surface area contributed by atoms with Crippen LogP contribution in [0.15, 0.2) is 67.3 Å². The van der Waals surface area contributed by atoms with Crippen LogP contribution in [0, 0.1) is 6.92 Å². The molecule has 0 aliphatic rings. The SMILES string of the molecule is Cc1ccccc1[C@H](O)CNC(=O)c1ccccc1-c1cncnc1. The number of aryl methyl sites for hydroxylation is 1. The molecule has 25 heavy (non-hydrogen) atoms. The van der Waals surface area contributed by atoms with E-state index in [2.05, 4.69) is 15.3 Å². The van der Waals surface area contributed by atoms with Crippen molar-refractivity contribution in [1.82, 2.24) is 15.3 Å². The number of nitrogens with one attached hydrogen (secondary N) is 1. The largest absolute Gasteiger partial charge is 0.387 e. The molecule has 0 spiro atoms. The molecule has 1 heterocycles. The highest BCUT2D eigenvalue weighted by molar-refractivity contribution is 6.00. The van der Waals surface area contributed by atoms with E-state index >= 15 is 0 Å². The van der Waals surface area contributed by atoms with Gasteiger partial charge in [-0.05, 0) is 29.7 Å². The van der Waals surface area contributed by atoms with Crippen molar-refractivity contribution in [2.24, 2.45) is 0 Å². The highest BCUT2D eigenvalue weighted by Crippen LogP contribution is 2.22. The Labute approximate surface area is 146 Å². The minimum atomic E-state index is -0.752. The monoisotopic (exact) mass is 333 g/mol. The Morgan fingerprint density at radius 1 is 1.08 bits per heavy atom. The summed E-state index contributed by atoms with van der Waals surface area (Å²) in [6, 6.07) is 14.9. The normalized spacial score (nSPS) is 11.8. The lowest BCUT2D eigenvalue weighted by Gasteiger charge is -2.15. The van der Waals surface area contributed by atoms with Crippen molar-refractivity contribution in [3.63, 3.8) is 0 Å². The molecule has 0 bridgehead atoms. The Balaban J connectivity index is 1.75. The molecule has 126 valence electrons. The third kappa shape index (κ3) is 3.89. The zero-order valence-electron chi connectivity index (χ0n) is 13.9. The summed E-state index contributed by atoms with van der Waals surface area (Å²) in [7, 11) is 0. The Morgan fingerprint density at radius 2 is 1.76 bits per heavy atom. The second-order valence-corrected chi connectivity index (χ2v) is 5.76. The number of rotatable bonds is 5. The molecule has 3 aromatic rings. The number of carbonyl (C=O) groups excluding carboxylic acids is 1. The third-order valence-electron chi connectivity index (χ3n) is 4.05. The zero-order chi connectivity index (χ0) is 17.6. The number of benzene rings is 2. The number of aromatic nitrogens is 2. The van der Waals surface area contributed by atoms with Gasteiger partial charge in [-0.1, -0.05) is 42.5 Å². The first-order valence-electron chi connectivity index (χ1n) is 8.03. The van der Waals surface area contributed by atoms with E-state index in [1.165, 1.54) is 6.33 Å². The second-order valence-electron chi connectivity index (χ2n) is 5.76. The minimum absolute atomic E-state index is 0.142. The maximum absolute atomic E-state index is 12.6. The molecule has 5 nitrogen and oxygen atoms in total. The summed E-state index contributed by atoms with van der Waals surface area (Å²) in [5.74, 6) is -0.243. The van der Waals surface area contributed by atoms with Crippen LogP contribution in [0.3, 0.4) is 0 Å². The smallest absolute Gasteiger partial charge is 0.252 e. The molecular formula is C20H19N3O2. The second kappa shape index (κ2) is 7.68. The van der Waals surface area contributed by atoms with Gasteiger partial charge in [0.25, 0.3) is 5.91 Å². The van der Waals surface area contributed by atoms with Gasteiger partial charge in [-0.3, -0.25) is 4.79 Å². The Hall–Kier alpha value is -3.05. The van der Waals surface area contributed by atoms with Gasteiger partial charge in [-0.15, -0.1) is 0 Å². The van der Waals surface area contributed by atoms with E-state index in [-0.39, 0.29) is 12.5 Å². The van der Waals surface area contributed by atoms with Gasteiger partial charge in [-0.25, -0.2) is 9.97 Å². The van der Waals surface area contributed by atoms with Crippen LogP contribution >= 0.6 is 0 Å². The quantitative estimate of drug-likeness (QED) is 0.753. The number of amides is 1. The number of hydrogen-bond donors (Lipinski definition) is 2. The Bertz CT molecular complexity index is 866. The molecule has 2 aromatic carbocycles. The summed E-state index contributed by atoms with van der Waals surface area (Å²) in [6.45, 7) is 2.08. The molecule has 0 unspecified atom stereocenters. The van der Waals surface area contributed by atoms with Crippen LogP contribution < -0.4 is 5.32 Å². The minimum Gasteiger partial charge on any atom is -0.387 e. The van der Waals surface area contributed by atoms with E-state index in [1.54, 1.807) is 24.5 Å². The highest BCUT2D eigenvalue weighted by Gasteiger charge is 2.15. The van der Waals surface area contributed by atoms with Crippen molar-refractivity contribution in [1.29, 1.82) is 0 Å². The molecule has 0 fully saturated rings. The van der Waals surface area contributed by atoms with Crippen molar-refractivity contribution < 1.29 is 9.90 Å². The van der Waals surface area contributed by atoms with Gasteiger partial charge in [0.2, 0.25) is 0 Å². The van der Waals surface area contributed by atoms with E-state index in [4.69, 9.17) is 0 Å². The lowest BCUT2D eigenvalue weighted by atomic mass is 10.0. The van der Waals surface area contributed by atoms with Crippen molar-refractivity contribution in [3.05, 3.63) is 83.9 Å². The molecule has 0 saturated carbocycles. The van der Waals surface area contributed by atoms with Crippen molar-refractivity contribution in [3.8, 4) is 11.1 Å². The van der Waals surface area contributed by atoms with E-state index < -0.39 is 6.10 Å². The standard InChI is InChI=1S/C20H19N3O2/c1-14-6-2-3-7-16(14)19(24)12-23-20(25)18-9-5-4-8-17(18)15-10-21-13-22-11-15/h2-11,13,19,24H,12H2,1H3,(H,23,25)/t19-/m1/s1. The molecule has 2 N–H and O–H groups in total. The molecule has 0 aliphatic heterocycles. The first kappa shape index (κ1) is 16.8. The molecule has 0 saturated heterocycles. The molecule has 1 atom stereocenters. The van der Waals surface area contributed by atoms with Crippen LogP contribution in [-0.2, 0) is 0 Å². The number of nitrogens with zero attached hydrogens (tertiary/aromatic N) is 2. The van der Waals surface area contributed by atoms with E-state index in [0.717, 1.165) is 22.3 Å². The summed E-state index contributed by atoms with van der Waals surface area (Å²) in [5.41, 5.74) is 3.85. The molecule has 1 amide bonds. The first-order valence-corrected chi connectivity index (χ1v) is 8.03. The van der Waals surface area contributed by atoms with Crippen LogP contribution in [0.2, 0.25) is 0 Å². The van der Waals surface area contributed by atoms with Crippen molar-refractivity contribution >= 4 is 5.91 Å². The number of aliphatic hydroxyl groups excluding tert-OH is 1. The molecule has 5 heteroatoms. The fourth-order valence-corrected chi connectivity index (χ4v) is 2.73. The van der Waals surface area contributed by atoms with E-state index in [0.29, 0.717) is 5.56 Å². The van der Waals surface area contributed by atoms with Gasteiger partial charge in [0.1, 0.15) is 6.33 Å². The van der Waals surface area contributed by atoms with Crippen LogP contribution in [-0.4, -0.2) is 27.5 Å². The molecular weight excluding hydrogens is 314 g/mol. The average Bonchev–Trinajstić information content (AvgIpc) is 2.67. The van der Waals surface area contributed by atoms with Crippen LogP contribution in [0.1, 0.15) is 27.6 Å². The van der Waals surface area contributed by atoms with Crippen LogP contribution in [0.5, 0.6) is 0 Å². The molecule has 1 aromatic heterocycles. The predicted octanol–water partition coefficient (Wildman–Crippen LogP) is 2.92. The summed E-state index contributed by atoms with van der Waals surface area (Å²) in [5, 5.41) is 13.2. The Kier molecular flexibility index (Phi) is 5.16. The average molecular weight is 333 g/mol. The molecule has 0 radical (unpaired) electrons. The van der Waals surface area contributed by atoms with Gasteiger partial charge in [0.15, 0.2) is 0 Å². The van der Waals surface area contributed by atoms with Crippen LogP contribution in [0.25, 0.3) is 11.1 Å². The fraction of sp³-hybridized carbons (Fsp3) is 0.150. The van der Waals surface area contributed by atoms with Crippen LogP contribution in [0.4, 0.5) is 0 Å². The van der Waals surface area contributed by atoms with Crippen molar-refractivity contribution in [2.45, 2.75) is 13.0 Å². The lowest BCUT2D eigenvalue weighted by Crippen LogP contribution is -2.29.